The van der Waals surface area contributed by atoms with Gasteiger partial charge in [0.15, 0.2) is 0 Å². The van der Waals surface area contributed by atoms with Crippen LogP contribution in [0.15, 0.2) is 23.1 Å². The summed E-state index contributed by atoms with van der Waals surface area (Å²) in [4.78, 5) is 12.1. The number of hydrogen-bond donors (Lipinski definition) is 2. The standard InChI is InChI=1S/C13H20N2O4S/c1-9-5-6-10(7-11(9)20(14,17)18)12(16)15-13(2,3)8-19-4/h5-7H,8H2,1-4H3,(H,15,16)(H2,14,17,18). The molecule has 1 aromatic carbocycles. The van der Waals surface area contributed by atoms with Crippen LogP contribution in [0.1, 0.15) is 29.8 Å². The summed E-state index contributed by atoms with van der Waals surface area (Å²) in [6.45, 7) is 5.58. The number of aryl methyl sites for hydroxylation is 1. The Kier molecular flexibility index (Phi) is 4.90. The van der Waals surface area contributed by atoms with E-state index < -0.39 is 15.6 Å². The molecule has 0 saturated heterocycles. The molecular formula is C13H20N2O4S. The number of ether oxygens (including phenoxy) is 1. The Morgan fingerprint density at radius 3 is 2.50 bits per heavy atom. The summed E-state index contributed by atoms with van der Waals surface area (Å²) in [5.41, 5.74) is 0.183. The van der Waals surface area contributed by atoms with E-state index in [0.29, 0.717) is 12.2 Å². The highest BCUT2D eigenvalue weighted by Crippen LogP contribution is 2.16. The third-order valence-electron chi connectivity index (χ3n) is 2.71. The van der Waals surface area contributed by atoms with Crippen LogP contribution in [0.5, 0.6) is 0 Å². The van der Waals surface area contributed by atoms with Gasteiger partial charge in [-0.2, -0.15) is 0 Å². The first-order chi connectivity index (χ1) is 9.07. The molecule has 0 atom stereocenters. The highest BCUT2D eigenvalue weighted by Gasteiger charge is 2.22. The molecule has 0 aliphatic heterocycles. The maximum absolute atomic E-state index is 12.1. The summed E-state index contributed by atoms with van der Waals surface area (Å²) < 4.78 is 27.9. The van der Waals surface area contributed by atoms with Crippen molar-refractivity contribution in [1.82, 2.24) is 5.32 Å². The lowest BCUT2D eigenvalue weighted by atomic mass is 10.1. The molecule has 0 heterocycles. The van der Waals surface area contributed by atoms with Crippen molar-refractivity contribution >= 4 is 15.9 Å². The van der Waals surface area contributed by atoms with Gasteiger partial charge in [0.2, 0.25) is 10.0 Å². The van der Waals surface area contributed by atoms with Crippen LogP contribution < -0.4 is 10.5 Å². The predicted octanol–water partition coefficient (Wildman–Crippen LogP) is 0.797. The Bertz CT molecular complexity index is 609. The van der Waals surface area contributed by atoms with Crippen LogP contribution in [-0.4, -0.2) is 33.6 Å². The van der Waals surface area contributed by atoms with Gasteiger partial charge in [-0.05, 0) is 38.5 Å². The van der Waals surface area contributed by atoms with Crippen molar-refractivity contribution in [3.05, 3.63) is 29.3 Å². The van der Waals surface area contributed by atoms with E-state index >= 15 is 0 Å². The van der Waals surface area contributed by atoms with E-state index in [1.165, 1.54) is 6.07 Å². The van der Waals surface area contributed by atoms with Gasteiger partial charge in [0.05, 0.1) is 17.0 Å². The molecule has 20 heavy (non-hydrogen) atoms. The lowest BCUT2D eigenvalue weighted by Gasteiger charge is -2.25. The second kappa shape index (κ2) is 5.90. The normalized spacial score (nSPS) is 12.2. The second-order valence-corrected chi connectivity index (χ2v) is 6.83. The fourth-order valence-corrected chi connectivity index (χ4v) is 2.63. The lowest BCUT2D eigenvalue weighted by molar-refractivity contribution is 0.0820. The molecule has 112 valence electrons. The Hall–Kier alpha value is -1.44. The Labute approximate surface area is 119 Å². The molecule has 7 heteroatoms. The predicted molar refractivity (Wildman–Crippen MR) is 76.0 cm³/mol. The van der Waals surface area contributed by atoms with E-state index in [2.05, 4.69) is 5.32 Å². The van der Waals surface area contributed by atoms with Crippen molar-refractivity contribution in [2.24, 2.45) is 5.14 Å². The molecule has 0 saturated carbocycles. The quantitative estimate of drug-likeness (QED) is 0.840. The Morgan fingerprint density at radius 1 is 1.40 bits per heavy atom. The summed E-state index contributed by atoms with van der Waals surface area (Å²) in [6, 6.07) is 4.39. The van der Waals surface area contributed by atoms with Crippen molar-refractivity contribution in [3.63, 3.8) is 0 Å². The summed E-state index contributed by atoms with van der Waals surface area (Å²) in [5, 5.41) is 7.89. The van der Waals surface area contributed by atoms with Gasteiger partial charge in [0, 0.05) is 12.7 Å². The van der Waals surface area contributed by atoms with Gasteiger partial charge in [-0.15, -0.1) is 0 Å². The Balaban J connectivity index is 3.07. The minimum Gasteiger partial charge on any atom is -0.382 e. The zero-order chi connectivity index (χ0) is 15.6. The van der Waals surface area contributed by atoms with E-state index in [0.717, 1.165) is 0 Å². The van der Waals surface area contributed by atoms with Gasteiger partial charge in [-0.1, -0.05) is 6.07 Å². The number of nitrogens with one attached hydrogen (secondary N) is 1. The summed E-state index contributed by atoms with van der Waals surface area (Å²) in [6.07, 6.45) is 0. The third kappa shape index (κ3) is 4.29. The number of carbonyl (C=O) groups excluding carboxylic acids is 1. The van der Waals surface area contributed by atoms with Crippen molar-refractivity contribution < 1.29 is 17.9 Å². The summed E-state index contributed by atoms with van der Waals surface area (Å²) in [5.74, 6) is -0.378. The molecule has 0 spiro atoms. The third-order valence-corrected chi connectivity index (χ3v) is 3.77. The van der Waals surface area contributed by atoms with Gasteiger partial charge in [0.1, 0.15) is 0 Å². The fraction of sp³-hybridized carbons (Fsp3) is 0.462. The van der Waals surface area contributed by atoms with Gasteiger partial charge < -0.3 is 10.1 Å². The number of sulfonamides is 1. The topological polar surface area (TPSA) is 98.5 Å². The number of methoxy groups -OCH3 is 1. The number of amides is 1. The number of hydrogen-bond acceptors (Lipinski definition) is 4. The molecule has 0 aromatic heterocycles. The largest absolute Gasteiger partial charge is 0.382 e. The average molecular weight is 300 g/mol. The SMILES string of the molecule is COCC(C)(C)NC(=O)c1ccc(C)c(S(N)(=O)=O)c1. The number of nitrogens with two attached hydrogens (primary N) is 1. The van der Waals surface area contributed by atoms with Crippen LogP contribution in [-0.2, 0) is 14.8 Å². The molecule has 0 aliphatic carbocycles. The first-order valence-electron chi connectivity index (χ1n) is 6.02. The van der Waals surface area contributed by atoms with Gasteiger partial charge in [0.25, 0.3) is 5.91 Å². The van der Waals surface area contributed by atoms with Crippen molar-refractivity contribution in [2.75, 3.05) is 13.7 Å². The van der Waals surface area contributed by atoms with Gasteiger partial charge >= 0.3 is 0 Å². The van der Waals surface area contributed by atoms with Gasteiger partial charge in [-0.25, -0.2) is 13.6 Å². The molecule has 3 N–H and O–H groups in total. The van der Waals surface area contributed by atoms with Gasteiger partial charge in [-0.3, -0.25) is 4.79 Å². The highest BCUT2D eigenvalue weighted by atomic mass is 32.2. The van der Waals surface area contributed by atoms with Crippen LogP contribution in [0.3, 0.4) is 0 Å². The number of carbonyl (C=O) groups is 1. The molecule has 1 amide bonds. The zero-order valence-corrected chi connectivity index (χ0v) is 12.9. The molecule has 0 radical (unpaired) electrons. The maximum atomic E-state index is 12.1. The summed E-state index contributed by atoms with van der Waals surface area (Å²) in [7, 11) is -2.31. The van der Waals surface area contributed by atoms with Crippen LogP contribution in [0.25, 0.3) is 0 Å². The lowest BCUT2D eigenvalue weighted by Crippen LogP contribution is -2.46. The smallest absolute Gasteiger partial charge is 0.251 e. The number of primary sulfonamides is 1. The van der Waals surface area contributed by atoms with E-state index in [4.69, 9.17) is 9.88 Å². The zero-order valence-electron chi connectivity index (χ0n) is 12.1. The van der Waals surface area contributed by atoms with Crippen molar-refractivity contribution in [2.45, 2.75) is 31.2 Å². The second-order valence-electron chi connectivity index (χ2n) is 5.30. The highest BCUT2D eigenvalue weighted by molar-refractivity contribution is 7.89. The first-order valence-corrected chi connectivity index (χ1v) is 7.56. The Morgan fingerprint density at radius 2 is 2.00 bits per heavy atom. The minimum absolute atomic E-state index is 0.0466. The average Bonchev–Trinajstić information content (AvgIpc) is 2.26. The van der Waals surface area contributed by atoms with Crippen LogP contribution in [0.4, 0.5) is 0 Å². The molecule has 1 rings (SSSR count). The minimum atomic E-state index is -3.85. The van der Waals surface area contributed by atoms with Crippen LogP contribution >= 0.6 is 0 Å². The van der Waals surface area contributed by atoms with E-state index in [9.17, 15) is 13.2 Å². The molecule has 0 unspecified atom stereocenters. The van der Waals surface area contributed by atoms with Crippen molar-refractivity contribution in [1.29, 1.82) is 0 Å². The van der Waals surface area contributed by atoms with E-state index in [-0.39, 0.29) is 16.4 Å². The first kappa shape index (κ1) is 16.6. The monoisotopic (exact) mass is 300 g/mol. The van der Waals surface area contributed by atoms with Crippen LogP contribution in [0.2, 0.25) is 0 Å². The molecule has 0 bridgehead atoms. The molecule has 0 fully saturated rings. The molecule has 1 aromatic rings. The fourth-order valence-electron chi connectivity index (χ4n) is 1.82. The van der Waals surface area contributed by atoms with Crippen LogP contribution in [0, 0.1) is 6.92 Å². The molecule has 6 nitrogen and oxygen atoms in total. The molecule has 0 aliphatic rings. The summed E-state index contributed by atoms with van der Waals surface area (Å²) >= 11 is 0. The number of rotatable bonds is 5. The van der Waals surface area contributed by atoms with E-state index in [1.807, 2.05) is 13.8 Å². The number of benzene rings is 1. The maximum Gasteiger partial charge on any atom is 0.251 e. The van der Waals surface area contributed by atoms with E-state index in [1.54, 1.807) is 26.2 Å². The van der Waals surface area contributed by atoms with Crippen molar-refractivity contribution in [3.8, 4) is 0 Å². The molecular weight excluding hydrogens is 280 g/mol.